The Kier molecular flexibility index (Phi) is 4.82. The maximum atomic E-state index is 13.2. The van der Waals surface area contributed by atoms with E-state index in [2.05, 4.69) is 11.0 Å². The Morgan fingerprint density at radius 3 is 2.69 bits per heavy atom. The van der Waals surface area contributed by atoms with Crippen LogP contribution in [0, 0.1) is 12.8 Å². The number of aryl methyl sites for hydroxylation is 1. The molecule has 2 bridgehead atoms. The number of likely N-dealkylation sites (tertiary alicyclic amines) is 2. The van der Waals surface area contributed by atoms with E-state index in [1.54, 1.807) is 6.26 Å². The highest BCUT2D eigenvalue weighted by molar-refractivity contribution is 5.93. The maximum Gasteiger partial charge on any atom is 0.289 e. The lowest BCUT2D eigenvalue weighted by Crippen LogP contribution is -2.49. The normalized spacial score (nSPS) is 24.4. The molecule has 0 aromatic carbocycles. The summed E-state index contributed by atoms with van der Waals surface area (Å²) in [5.41, 5.74) is 3.05. The molecule has 2 atom stereocenters. The predicted molar refractivity (Wildman–Crippen MR) is 110 cm³/mol. The van der Waals surface area contributed by atoms with Crippen molar-refractivity contribution in [3.63, 3.8) is 0 Å². The fourth-order valence-corrected chi connectivity index (χ4v) is 5.37. The van der Waals surface area contributed by atoms with Crippen molar-refractivity contribution in [1.29, 1.82) is 0 Å². The van der Waals surface area contributed by atoms with Gasteiger partial charge in [-0.2, -0.15) is 0 Å². The van der Waals surface area contributed by atoms with E-state index in [0.717, 1.165) is 42.9 Å². The Hall–Kier alpha value is -2.34. The van der Waals surface area contributed by atoms with Crippen molar-refractivity contribution in [3.8, 4) is 0 Å². The molecule has 2 aromatic heterocycles. The van der Waals surface area contributed by atoms with Crippen molar-refractivity contribution in [3.05, 3.63) is 57.4 Å². The fourth-order valence-electron chi connectivity index (χ4n) is 5.37. The second kappa shape index (κ2) is 7.48. The van der Waals surface area contributed by atoms with Crippen molar-refractivity contribution in [2.24, 2.45) is 5.92 Å². The van der Waals surface area contributed by atoms with E-state index in [4.69, 9.17) is 4.42 Å². The maximum absolute atomic E-state index is 13.2. The summed E-state index contributed by atoms with van der Waals surface area (Å²) in [4.78, 5) is 30.5. The van der Waals surface area contributed by atoms with Crippen molar-refractivity contribution in [2.75, 3.05) is 26.2 Å². The first kappa shape index (κ1) is 18.7. The van der Waals surface area contributed by atoms with Gasteiger partial charge in [0.1, 0.15) is 0 Å². The van der Waals surface area contributed by atoms with E-state index in [0.29, 0.717) is 31.3 Å². The van der Waals surface area contributed by atoms with Crippen LogP contribution in [0.4, 0.5) is 0 Å². The van der Waals surface area contributed by atoms with Gasteiger partial charge in [0.05, 0.1) is 6.26 Å². The SMILES string of the molecule is Cc1ccoc1C(=O)N1C[C@@H]2C[C@H](C1)c1ccc(CN3CCCCC3)c(=O)n1C2. The highest BCUT2D eigenvalue weighted by Crippen LogP contribution is 2.36. The lowest BCUT2D eigenvalue weighted by molar-refractivity contribution is 0.0562. The van der Waals surface area contributed by atoms with Gasteiger partial charge in [-0.25, -0.2) is 0 Å². The van der Waals surface area contributed by atoms with Gasteiger partial charge in [0.15, 0.2) is 5.76 Å². The van der Waals surface area contributed by atoms with Crippen LogP contribution >= 0.6 is 0 Å². The number of hydrogen-bond acceptors (Lipinski definition) is 4. The number of carbonyl (C=O) groups excluding carboxylic acids is 1. The Morgan fingerprint density at radius 1 is 1.10 bits per heavy atom. The summed E-state index contributed by atoms with van der Waals surface area (Å²) in [7, 11) is 0. The number of piperidine rings is 2. The van der Waals surface area contributed by atoms with Crippen LogP contribution in [-0.4, -0.2) is 46.5 Å². The quantitative estimate of drug-likeness (QED) is 0.802. The van der Waals surface area contributed by atoms with Gasteiger partial charge in [-0.1, -0.05) is 12.5 Å². The van der Waals surface area contributed by atoms with Gasteiger partial charge in [-0.3, -0.25) is 14.5 Å². The van der Waals surface area contributed by atoms with Gasteiger partial charge in [-0.15, -0.1) is 0 Å². The minimum Gasteiger partial charge on any atom is -0.459 e. The molecular formula is C23H29N3O3. The van der Waals surface area contributed by atoms with E-state index >= 15 is 0 Å². The number of nitrogens with zero attached hydrogens (tertiary/aromatic N) is 3. The molecule has 0 radical (unpaired) electrons. The van der Waals surface area contributed by atoms with E-state index in [1.165, 1.54) is 19.3 Å². The summed E-state index contributed by atoms with van der Waals surface area (Å²) in [6.07, 6.45) is 6.39. The lowest BCUT2D eigenvalue weighted by Gasteiger charge is -2.42. The van der Waals surface area contributed by atoms with Gasteiger partial charge in [0, 0.05) is 48.9 Å². The van der Waals surface area contributed by atoms with Crippen molar-refractivity contribution in [2.45, 2.75) is 51.6 Å². The monoisotopic (exact) mass is 395 g/mol. The topological polar surface area (TPSA) is 58.7 Å². The third-order valence-electron chi connectivity index (χ3n) is 6.87. The highest BCUT2D eigenvalue weighted by Gasteiger charge is 2.37. The molecule has 3 aliphatic heterocycles. The number of aromatic nitrogens is 1. The summed E-state index contributed by atoms with van der Waals surface area (Å²) in [5, 5.41) is 0. The summed E-state index contributed by atoms with van der Waals surface area (Å²) >= 11 is 0. The molecule has 0 spiro atoms. The molecule has 3 aliphatic rings. The van der Waals surface area contributed by atoms with E-state index < -0.39 is 0 Å². The molecule has 0 N–H and O–H groups in total. The number of fused-ring (bicyclic) bond motifs is 4. The molecule has 154 valence electrons. The van der Waals surface area contributed by atoms with Gasteiger partial charge in [0.2, 0.25) is 0 Å². The molecule has 2 fully saturated rings. The zero-order valence-corrected chi connectivity index (χ0v) is 17.1. The molecule has 0 unspecified atom stereocenters. The number of carbonyl (C=O) groups is 1. The average Bonchev–Trinajstić information content (AvgIpc) is 3.16. The number of furan rings is 1. The molecule has 1 amide bonds. The zero-order chi connectivity index (χ0) is 20.0. The molecule has 0 saturated carbocycles. The van der Waals surface area contributed by atoms with Crippen LogP contribution in [-0.2, 0) is 13.1 Å². The van der Waals surface area contributed by atoms with Crippen molar-refractivity contribution < 1.29 is 9.21 Å². The van der Waals surface area contributed by atoms with Crippen LogP contribution < -0.4 is 5.56 Å². The number of amides is 1. The largest absolute Gasteiger partial charge is 0.459 e. The van der Waals surface area contributed by atoms with Crippen molar-refractivity contribution in [1.82, 2.24) is 14.4 Å². The van der Waals surface area contributed by atoms with Gasteiger partial charge in [0.25, 0.3) is 11.5 Å². The fraction of sp³-hybridized carbons (Fsp3) is 0.565. The van der Waals surface area contributed by atoms with E-state index in [1.807, 2.05) is 28.5 Å². The molecule has 5 rings (SSSR count). The smallest absolute Gasteiger partial charge is 0.289 e. The van der Waals surface area contributed by atoms with E-state index in [-0.39, 0.29) is 17.4 Å². The molecule has 6 nitrogen and oxygen atoms in total. The third-order valence-corrected chi connectivity index (χ3v) is 6.87. The Morgan fingerprint density at radius 2 is 1.93 bits per heavy atom. The van der Waals surface area contributed by atoms with Crippen LogP contribution in [0.2, 0.25) is 0 Å². The average molecular weight is 396 g/mol. The summed E-state index contributed by atoms with van der Waals surface area (Å²) in [5.74, 6) is 0.959. The third kappa shape index (κ3) is 3.44. The lowest BCUT2D eigenvalue weighted by atomic mass is 9.82. The first-order chi connectivity index (χ1) is 14.1. The molecule has 2 saturated heterocycles. The minimum absolute atomic E-state index is 0.0280. The predicted octanol–water partition coefficient (Wildman–Crippen LogP) is 3.00. The second-order valence-electron chi connectivity index (χ2n) is 8.98. The molecular weight excluding hydrogens is 366 g/mol. The Labute approximate surface area is 171 Å². The van der Waals surface area contributed by atoms with Crippen LogP contribution in [0.15, 0.2) is 33.7 Å². The van der Waals surface area contributed by atoms with Gasteiger partial charge in [-0.05, 0) is 57.3 Å². The Balaban J connectivity index is 1.38. The first-order valence-corrected chi connectivity index (χ1v) is 10.9. The van der Waals surface area contributed by atoms with Crippen molar-refractivity contribution >= 4 is 5.91 Å². The molecule has 0 aliphatic carbocycles. The van der Waals surface area contributed by atoms with E-state index in [9.17, 15) is 9.59 Å². The van der Waals surface area contributed by atoms with Crippen LogP contribution in [0.5, 0.6) is 0 Å². The number of pyridine rings is 1. The van der Waals surface area contributed by atoms with Crippen LogP contribution in [0.25, 0.3) is 0 Å². The minimum atomic E-state index is -0.0280. The Bertz CT molecular complexity index is 970. The van der Waals surface area contributed by atoms with Gasteiger partial charge < -0.3 is 13.9 Å². The zero-order valence-electron chi connectivity index (χ0n) is 17.1. The van der Waals surface area contributed by atoms with Crippen LogP contribution in [0.1, 0.15) is 59.0 Å². The molecule has 5 heterocycles. The number of hydrogen-bond donors (Lipinski definition) is 0. The molecule has 29 heavy (non-hydrogen) atoms. The second-order valence-corrected chi connectivity index (χ2v) is 8.98. The van der Waals surface area contributed by atoms with Gasteiger partial charge >= 0.3 is 0 Å². The number of rotatable bonds is 3. The summed E-state index contributed by atoms with van der Waals surface area (Å²) in [6.45, 7) is 6.90. The standard InChI is InChI=1S/C23H29N3O3/c1-16-7-10-29-21(16)23(28)25-12-17-11-19(15-25)20-6-5-18(22(27)26(20)13-17)14-24-8-3-2-4-9-24/h5-7,10,17,19H,2-4,8-9,11-15H2,1H3/t17-,19+/m0/s1. The van der Waals surface area contributed by atoms with Crippen LogP contribution in [0.3, 0.4) is 0 Å². The molecule has 2 aromatic rings. The summed E-state index contributed by atoms with van der Waals surface area (Å²) < 4.78 is 7.42. The first-order valence-electron chi connectivity index (χ1n) is 10.9. The molecule has 6 heteroatoms. The summed E-state index contributed by atoms with van der Waals surface area (Å²) in [6, 6.07) is 5.99. The highest BCUT2D eigenvalue weighted by atomic mass is 16.3.